The minimum atomic E-state index is 0.210. The Morgan fingerprint density at radius 2 is 1.62 bits per heavy atom. The molecular weight excluding hydrogens is 194 g/mol. The van der Waals surface area contributed by atoms with Crippen LogP contribution in [0.3, 0.4) is 0 Å². The minimum Gasteiger partial charge on any atom is -0.323 e. The molecule has 16 heavy (non-hydrogen) atoms. The molecule has 2 N–H and O–H groups in total. The standard InChI is InChI=1S/C15H23N/c1-14(2,3)12-7-5-11(6-8-12)13(16)15(4)9-10-15/h5-8,13H,9-10,16H2,1-4H3/t13-/m0/s1. The topological polar surface area (TPSA) is 26.0 Å². The van der Waals surface area contributed by atoms with Crippen molar-refractivity contribution < 1.29 is 0 Å². The summed E-state index contributed by atoms with van der Waals surface area (Å²) in [5, 5.41) is 0. The highest BCUT2D eigenvalue weighted by molar-refractivity contribution is 5.30. The molecular formula is C15H23N. The quantitative estimate of drug-likeness (QED) is 0.801. The van der Waals surface area contributed by atoms with E-state index in [1.54, 1.807) is 0 Å². The maximum Gasteiger partial charge on any atom is 0.0349 e. The van der Waals surface area contributed by atoms with Crippen molar-refractivity contribution in [2.45, 2.75) is 52.0 Å². The maximum atomic E-state index is 6.29. The molecule has 0 saturated heterocycles. The van der Waals surface area contributed by atoms with Gasteiger partial charge in [0.05, 0.1) is 0 Å². The largest absolute Gasteiger partial charge is 0.323 e. The molecule has 1 atom stereocenters. The number of hydrogen-bond acceptors (Lipinski definition) is 1. The molecule has 0 bridgehead atoms. The fourth-order valence-corrected chi connectivity index (χ4v) is 2.10. The molecule has 2 rings (SSSR count). The molecule has 1 aromatic rings. The molecule has 88 valence electrons. The molecule has 1 aliphatic carbocycles. The molecule has 1 aliphatic rings. The highest BCUT2D eigenvalue weighted by Gasteiger charge is 2.43. The molecule has 1 saturated carbocycles. The summed E-state index contributed by atoms with van der Waals surface area (Å²) >= 11 is 0. The predicted molar refractivity (Wildman–Crippen MR) is 69.4 cm³/mol. The van der Waals surface area contributed by atoms with Gasteiger partial charge in [-0.3, -0.25) is 0 Å². The van der Waals surface area contributed by atoms with Gasteiger partial charge in [-0.05, 0) is 34.8 Å². The third kappa shape index (κ3) is 2.15. The van der Waals surface area contributed by atoms with E-state index in [-0.39, 0.29) is 11.5 Å². The van der Waals surface area contributed by atoms with Crippen LogP contribution in [0.5, 0.6) is 0 Å². The van der Waals surface area contributed by atoms with E-state index >= 15 is 0 Å². The summed E-state index contributed by atoms with van der Waals surface area (Å²) in [7, 11) is 0. The first-order chi connectivity index (χ1) is 7.33. The lowest BCUT2D eigenvalue weighted by molar-refractivity contribution is 0.450. The lowest BCUT2D eigenvalue weighted by Gasteiger charge is -2.22. The van der Waals surface area contributed by atoms with Gasteiger partial charge in [-0.25, -0.2) is 0 Å². The highest BCUT2D eigenvalue weighted by Crippen LogP contribution is 2.53. The first-order valence-corrected chi connectivity index (χ1v) is 6.19. The summed E-state index contributed by atoms with van der Waals surface area (Å²) in [6.07, 6.45) is 2.55. The van der Waals surface area contributed by atoms with Crippen LogP contribution in [0.15, 0.2) is 24.3 Å². The van der Waals surface area contributed by atoms with Crippen LogP contribution in [0.25, 0.3) is 0 Å². The lowest BCUT2D eigenvalue weighted by atomic mass is 9.85. The summed E-state index contributed by atoms with van der Waals surface area (Å²) in [6.45, 7) is 9.01. The van der Waals surface area contributed by atoms with Crippen molar-refractivity contribution in [2.24, 2.45) is 11.1 Å². The van der Waals surface area contributed by atoms with E-state index in [0.717, 1.165) is 0 Å². The second-order valence-electron chi connectivity index (χ2n) is 6.50. The zero-order chi connectivity index (χ0) is 12.0. The first-order valence-electron chi connectivity index (χ1n) is 6.19. The van der Waals surface area contributed by atoms with E-state index < -0.39 is 0 Å². The van der Waals surface area contributed by atoms with Gasteiger partial charge in [0.25, 0.3) is 0 Å². The third-order valence-electron chi connectivity index (χ3n) is 3.93. The molecule has 0 heterocycles. The zero-order valence-electron chi connectivity index (χ0n) is 10.9. The van der Waals surface area contributed by atoms with Crippen molar-refractivity contribution in [2.75, 3.05) is 0 Å². The Balaban J connectivity index is 2.19. The van der Waals surface area contributed by atoms with Gasteiger partial charge in [-0.15, -0.1) is 0 Å². The van der Waals surface area contributed by atoms with Crippen LogP contribution in [0.2, 0.25) is 0 Å². The highest BCUT2D eigenvalue weighted by atomic mass is 14.7. The summed E-state index contributed by atoms with van der Waals surface area (Å²) in [6, 6.07) is 9.06. The van der Waals surface area contributed by atoms with Crippen LogP contribution in [-0.4, -0.2) is 0 Å². The number of benzene rings is 1. The molecule has 1 heteroatoms. The maximum absolute atomic E-state index is 6.29. The van der Waals surface area contributed by atoms with Gasteiger partial charge >= 0.3 is 0 Å². The normalized spacial score (nSPS) is 20.6. The summed E-state index contributed by atoms with van der Waals surface area (Å²) in [5.41, 5.74) is 9.55. The average molecular weight is 217 g/mol. The van der Waals surface area contributed by atoms with Crippen LogP contribution < -0.4 is 5.73 Å². The van der Waals surface area contributed by atoms with Crippen molar-refractivity contribution in [1.29, 1.82) is 0 Å². The Morgan fingerprint density at radius 3 is 2.00 bits per heavy atom. The lowest BCUT2D eigenvalue weighted by Crippen LogP contribution is -2.20. The van der Waals surface area contributed by atoms with Crippen LogP contribution in [0.1, 0.15) is 57.7 Å². The smallest absolute Gasteiger partial charge is 0.0349 e. The predicted octanol–water partition coefficient (Wildman–Crippen LogP) is 3.78. The van der Waals surface area contributed by atoms with Crippen LogP contribution in [-0.2, 0) is 5.41 Å². The van der Waals surface area contributed by atoms with Crippen molar-refractivity contribution in [3.63, 3.8) is 0 Å². The fraction of sp³-hybridized carbons (Fsp3) is 0.600. The summed E-state index contributed by atoms with van der Waals surface area (Å²) in [4.78, 5) is 0. The Bertz CT molecular complexity index is 365. The molecule has 1 nitrogen and oxygen atoms in total. The number of hydrogen-bond donors (Lipinski definition) is 1. The SMILES string of the molecule is CC(C)(C)c1ccc([C@H](N)C2(C)CC2)cc1. The van der Waals surface area contributed by atoms with Gasteiger partial charge in [-0.2, -0.15) is 0 Å². The average Bonchev–Trinajstić information content (AvgIpc) is 2.96. The van der Waals surface area contributed by atoms with Crippen LogP contribution in [0, 0.1) is 5.41 Å². The van der Waals surface area contributed by atoms with E-state index in [4.69, 9.17) is 5.73 Å². The van der Waals surface area contributed by atoms with E-state index in [1.807, 2.05) is 0 Å². The van der Waals surface area contributed by atoms with Gasteiger partial charge < -0.3 is 5.73 Å². The number of nitrogens with two attached hydrogens (primary N) is 1. The van der Waals surface area contributed by atoms with Gasteiger partial charge in [0.1, 0.15) is 0 Å². The summed E-state index contributed by atoms with van der Waals surface area (Å²) < 4.78 is 0. The summed E-state index contributed by atoms with van der Waals surface area (Å²) in [5.74, 6) is 0. The third-order valence-corrected chi connectivity index (χ3v) is 3.93. The van der Waals surface area contributed by atoms with Gasteiger partial charge in [0, 0.05) is 6.04 Å². The Morgan fingerprint density at radius 1 is 1.12 bits per heavy atom. The number of rotatable bonds is 2. The first kappa shape index (κ1) is 11.7. The van der Waals surface area contributed by atoms with Crippen molar-refractivity contribution >= 4 is 0 Å². The monoisotopic (exact) mass is 217 g/mol. The van der Waals surface area contributed by atoms with Gasteiger partial charge in [0.2, 0.25) is 0 Å². The molecule has 0 amide bonds. The molecule has 0 radical (unpaired) electrons. The Hall–Kier alpha value is -0.820. The van der Waals surface area contributed by atoms with E-state index in [0.29, 0.717) is 5.41 Å². The van der Waals surface area contributed by atoms with Gasteiger partial charge in [0.15, 0.2) is 0 Å². The van der Waals surface area contributed by atoms with E-state index in [2.05, 4.69) is 52.0 Å². The Labute approximate surface area is 99.0 Å². The molecule has 0 aliphatic heterocycles. The van der Waals surface area contributed by atoms with Gasteiger partial charge in [-0.1, -0.05) is 52.0 Å². The van der Waals surface area contributed by atoms with E-state index in [1.165, 1.54) is 24.0 Å². The Kier molecular flexibility index (Phi) is 2.62. The minimum absolute atomic E-state index is 0.210. The molecule has 1 aromatic carbocycles. The molecule has 0 unspecified atom stereocenters. The van der Waals surface area contributed by atoms with Crippen LogP contribution >= 0.6 is 0 Å². The van der Waals surface area contributed by atoms with Crippen molar-refractivity contribution in [3.8, 4) is 0 Å². The second-order valence-corrected chi connectivity index (χ2v) is 6.50. The van der Waals surface area contributed by atoms with E-state index in [9.17, 15) is 0 Å². The van der Waals surface area contributed by atoms with Crippen molar-refractivity contribution in [1.82, 2.24) is 0 Å². The second kappa shape index (κ2) is 3.59. The zero-order valence-corrected chi connectivity index (χ0v) is 10.9. The van der Waals surface area contributed by atoms with Crippen LogP contribution in [0.4, 0.5) is 0 Å². The van der Waals surface area contributed by atoms with Crippen molar-refractivity contribution in [3.05, 3.63) is 35.4 Å². The fourth-order valence-electron chi connectivity index (χ4n) is 2.10. The molecule has 0 spiro atoms. The molecule has 1 fully saturated rings. The molecule has 0 aromatic heterocycles.